The molecule has 0 aliphatic carbocycles. The zero-order valence-electron chi connectivity index (χ0n) is 22.6. The van der Waals surface area contributed by atoms with Gasteiger partial charge in [0, 0.05) is 35.8 Å². The zero-order valence-corrected chi connectivity index (χ0v) is 23.6. The molecule has 4 fully saturated rings. The number of fused-ring (bicyclic) bond motifs is 2. The molecule has 4 heterocycles. The summed E-state index contributed by atoms with van der Waals surface area (Å²) < 4.78 is 33.3. The number of ketones is 1. The molecule has 4 aliphatic rings. The molecule has 0 radical (unpaired) electrons. The number of ether oxygens (including phenoxy) is 3. The standard InChI is InChI=1S/C26H46O7Si/c1-15-12-26(31-19(22(15)28)10-17(3)27)13-16(2)23-20(32-26)11-18-21(30-23)14-29-34(33-18,24(4,5)6)25(7,8)9/h15-16,18-23,28H,10-14H2,1-9H3/t15-,16-,18+,19-,20-,21+,22-,23-,26+/m0/s1. The molecule has 0 unspecified atom stereocenters. The summed E-state index contributed by atoms with van der Waals surface area (Å²) in [7, 11) is -2.60. The smallest absolute Gasteiger partial charge is 0.349 e. The molecule has 0 aromatic heterocycles. The number of hydrogen-bond donors (Lipinski definition) is 1. The molecule has 0 bridgehead atoms. The molecular weight excluding hydrogens is 452 g/mol. The van der Waals surface area contributed by atoms with Crippen molar-refractivity contribution >= 4 is 14.3 Å². The van der Waals surface area contributed by atoms with Gasteiger partial charge < -0.3 is 28.2 Å². The number of carbonyl (C=O) groups is 1. The first kappa shape index (κ1) is 26.7. The Bertz CT molecular complexity index is 760. The monoisotopic (exact) mass is 498 g/mol. The van der Waals surface area contributed by atoms with Gasteiger partial charge in [0.2, 0.25) is 0 Å². The van der Waals surface area contributed by atoms with Crippen LogP contribution in [0.25, 0.3) is 0 Å². The van der Waals surface area contributed by atoms with Gasteiger partial charge in [0.1, 0.15) is 11.9 Å². The zero-order chi connectivity index (χ0) is 25.3. The fraction of sp³-hybridized carbons (Fsp3) is 0.962. The first-order valence-corrected chi connectivity index (χ1v) is 14.9. The first-order valence-electron chi connectivity index (χ1n) is 13.1. The Morgan fingerprint density at radius 1 is 0.971 bits per heavy atom. The summed E-state index contributed by atoms with van der Waals surface area (Å²) in [5, 5.41) is 10.5. The summed E-state index contributed by atoms with van der Waals surface area (Å²) >= 11 is 0. The second-order valence-corrected chi connectivity index (χ2v) is 18.2. The van der Waals surface area contributed by atoms with Crippen molar-refractivity contribution in [3.8, 4) is 0 Å². The van der Waals surface area contributed by atoms with Gasteiger partial charge in [-0.25, -0.2) is 0 Å². The Hall–Kier alpha value is -0.353. The normalized spacial score (nSPS) is 44.9. The average Bonchev–Trinajstić information content (AvgIpc) is 2.68. The molecular formula is C26H46O7Si. The van der Waals surface area contributed by atoms with Crippen LogP contribution in [0.1, 0.15) is 88.0 Å². The molecule has 4 aliphatic heterocycles. The van der Waals surface area contributed by atoms with Gasteiger partial charge in [-0.3, -0.25) is 4.79 Å². The number of rotatable bonds is 2. The molecule has 4 rings (SSSR count). The fourth-order valence-corrected chi connectivity index (χ4v) is 12.1. The van der Waals surface area contributed by atoms with Crippen LogP contribution in [0.2, 0.25) is 10.1 Å². The van der Waals surface area contributed by atoms with Gasteiger partial charge in [-0.05, 0) is 18.8 Å². The molecule has 34 heavy (non-hydrogen) atoms. The maximum Gasteiger partial charge on any atom is 0.349 e. The topological polar surface area (TPSA) is 83.5 Å². The Morgan fingerprint density at radius 2 is 1.59 bits per heavy atom. The second-order valence-electron chi connectivity index (χ2n) is 13.4. The van der Waals surface area contributed by atoms with Crippen LogP contribution >= 0.6 is 0 Å². The number of hydrogen-bond acceptors (Lipinski definition) is 7. The Balaban J connectivity index is 1.56. The summed E-state index contributed by atoms with van der Waals surface area (Å²) in [5.74, 6) is -0.585. The van der Waals surface area contributed by atoms with E-state index in [1.54, 1.807) is 6.92 Å². The molecule has 0 aromatic rings. The summed E-state index contributed by atoms with van der Waals surface area (Å²) in [6.07, 6.45) is 0.649. The van der Waals surface area contributed by atoms with Crippen molar-refractivity contribution in [1.82, 2.24) is 0 Å². The van der Waals surface area contributed by atoms with Crippen LogP contribution in [0.3, 0.4) is 0 Å². The lowest BCUT2D eigenvalue weighted by molar-refractivity contribution is -0.376. The molecule has 1 N–H and O–H groups in total. The highest BCUT2D eigenvalue weighted by Gasteiger charge is 2.64. The lowest BCUT2D eigenvalue weighted by atomic mass is 9.78. The van der Waals surface area contributed by atoms with Gasteiger partial charge in [0.05, 0.1) is 37.1 Å². The van der Waals surface area contributed by atoms with E-state index in [1.165, 1.54) is 0 Å². The second kappa shape index (κ2) is 8.89. The van der Waals surface area contributed by atoms with E-state index >= 15 is 0 Å². The van der Waals surface area contributed by atoms with E-state index in [9.17, 15) is 9.90 Å². The number of aliphatic hydroxyl groups is 1. The van der Waals surface area contributed by atoms with E-state index < -0.39 is 26.6 Å². The van der Waals surface area contributed by atoms with Crippen LogP contribution in [-0.2, 0) is 27.9 Å². The predicted octanol–water partition coefficient (Wildman–Crippen LogP) is 4.49. The van der Waals surface area contributed by atoms with Crippen molar-refractivity contribution in [3.63, 3.8) is 0 Å². The van der Waals surface area contributed by atoms with Crippen molar-refractivity contribution in [2.45, 2.75) is 140 Å². The minimum Gasteiger partial charge on any atom is -0.391 e. The highest BCUT2D eigenvalue weighted by molar-refractivity contribution is 6.73. The van der Waals surface area contributed by atoms with Crippen LogP contribution in [0, 0.1) is 11.8 Å². The van der Waals surface area contributed by atoms with E-state index in [-0.39, 0.29) is 58.5 Å². The minimum absolute atomic E-state index is 0.0136. The summed E-state index contributed by atoms with van der Waals surface area (Å²) in [6, 6.07) is 0. The molecule has 9 atom stereocenters. The van der Waals surface area contributed by atoms with Gasteiger partial charge >= 0.3 is 8.56 Å². The van der Waals surface area contributed by atoms with Crippen molar-refractivity contribution in [2.24, 2.45) is 11.8 Å². The number of Topliss-reactive ketones (excluding diaryl/α,β-unsaturated/α-hetero) is 1. The number of carbonyl (C=O) groups excluding carboxylic acids is 1. The van der Waals surface area contributed by atoms with Crippen LogP contribution < -0.4 is 0 Å². The van der Waals surface area contributed by atoms with E-state index in [0.717, 1.165) is 6.42 Å². The van der Waals surface area contributed by atoms with Gasteiger partial charge in [0.25, 0.3) is 0 Å². The van der Waals surface area contributed by atoms with Crippen LogP contribution in [-0.4, -0.2) is 68.5 Å². The third kappa shape index (κ3) is 4.57. The molecule has 4 saturated heterocycles. The molecule has 8 heteroatoms. The average molecular weight is 499 g/mol. The highest BCUT2D eigenvalue weighted by atomic mass is 28.4. The van der Waals surface area contributed by atoms with Crippen LogP contribution in [0.15, 0.2) is 0 Å². The summed E-state index contributed by atoms with van der Waals surface area (Å²) in [5.41, 5.74) is 0. The van der Waals surface area contributed by atoms with Crippen molar-refractivity contribution in [3.05, 3.63) is 0 Å². The van der Waals surface area contributed by atoms with Crippen molar-refractivity contribution in [1.29, 1.82) is 0 Å². The Kier molecular flexibility index (Phi) is 6.98. The molecule has 0 saturated carbocycles. The van der Waals surface area contributed by atoms with Crippen LogP contribution in [0.5, 0.6) is 0 Å². The highest BCUT2D eigenvalue weighted by Crippen LogP contribution is 2.56. The van der Waals surface area contributed by atoms with E-state index in [1.807, 2.05) is 6.92 Å². The summed E-state index contributed by atoms with van der Waals surface area (Å²) in [6.45, 7) is 19.7. The quantitative estimate of drug-likeness (QED) is 0.562. The third-order valence-electron chi connectivity index (χ3n) is 8.33. The van der Waals surface area contributed by atoms with Gasteiger partial charge in [-0.15, -0.1) is 0 Å². The maximum absolute atomic E-state index is 11.8. The molecule has 0 aromatic carbocycles. The van der Waals surface area contributed by atoms with Gasteiger partial charge in [-0.2, -0.15) is 0 Å². The third-order valence-corrected chi connectivity index (χ3v) is 13.5. The molecule has 7 nitrogen and oxygen atoms in total. The SMILES string of the molecule is CC(=O)C[C@@H]1O[C@@]2(C[C@H](C)[C@@H]1O)C[C@H](C)[C@@H]1O[C@@H]3CO[Si](C(C)(C)C)(C(C)(C)C)O[C@@H]3C[C@@H]1O2. The molecule has 0 amide bonds. The lowest BCUT2D eigenvalue weighted by Crippen LogP contribution is -2.69. The van der Waals surface area contributed by atoms with Gasteiger partial charge in [0.15, 0.2) is 5.79 Å². The minimum atomic E-state index is -2.60. The van der Waals surface area contributed by atoms with E-state index in [0.29, 0.717) is 19.4 Å². The lowest BCUT2D eigenvalue weighted by Gasteiger charge is -2.59. The maximum atomic E-state index is 11.8. The Labute approximate surface area is 206 Å². The Morgan fingerprint density at radius 3 is 2.18 bits per heavy atom. The fourth-order valence-electron chi connectivity index (χ4n) is 7.09. The van der Waals surface area contributed by atoms with Crippen molar-refractivity contribution < 1.29 is 33.0 Å². The van der Waals surface area contributed by atoms with Crippen molar-refractivity contribution in [2.75, 3.05) is 6.61 Å². The van der Waals surface area contributed by atoms with E-state index in [2.05, 4.69) is 48.5 Å². The van der Waals surface area contributed by atoms with Crippen LogP contribution in [0.4, 0.5) is 0 Å². The predicted molar refractivity (Wildman–Crippen MR) is 131 cm³/mol. The molecule has 196 valence electrons. The first-order chi connectivity index (χ1) is 15.6. The van der Waals surface area contributed by atoms with Gasteiger partial charge in [-0.1, -0.05) is 55.4 Å². The summed E-state index contributed by atoms with van der Waals surface area (Å²) in [4.78, 5) is 11.8. The molecule has 1 spiro atoms. The largest absolute Gasteiger partial charge is 0.391 e. The van der Waals surface area contributed by atoms with E-state index in [4.69, 9.17) is 23.1 Å². The number of aliphatic hydroxyl groups excluding tert-OH is 1.